The van der Waals surface area contributed by atoms with Crippen LogP contribution in [0.2, 0.25) is 0 Å². The molecule has 0 bridgehead atoms. The monoisotopic (exact) mass is 245 g/mol. The van der Waals surface area contributed by atoms with Crippen molar-refractivity contribution in [3.8, 4) is 0 Å². The molecule has 3 heteroatoms. The van der Waals surface area contributed by atoms with Crippen LogP contribution in [0.15, 0.2) is 18.2 Å². The number of imidazole rings is 1. The summed E-state index contributed by atoms with van der Waals surface area (Å²) in [7, 11) is 0. The Balaban J connectivity index is 2.30. The number of aryl methyl sites for hydroxylation is 1. The van der Waals surface area contributed by atoms with Crippen molar-refractivity contribution in [1.82, 2.24) is 9.55 Å². The van der Waals surface area contributed by atoms with Gasteiger partial charge in [0, 0.05) is 6.04 Å². The predicted octanol–water partition coefficient (Wildman–Crippen LogP) is 4.07. The van der Waals surface area contributed by atoms with Crippen LogP contribution in [-0.4, -0.2) is 9.55 Å². The molecule has 1 heterocycles. The Morgan fingerprint density at radius 3 is 2.83 bits per heavy atom. The van der Waals surface area contributed by atoms with Gasteiger partial charge in [-0.25, -0.2) is 4.98 Å². The van der Waals surface area contributed by atoms with Crippen LogP contribution in [0.4, 0.5) is 5.95 Å². The molecule has 0 aliphatic heterocycles. The fourth-order valence-corrected chi connectivity index (χ4v) is 2.50. The average Bonchev–Trinajstić information content (AvgIpc) is 2.64. The maximum atomic E-state index is 6.06. The molecule has 1 aromatic carbocycles. The molecule has 0 radical (unpaired) electrons. The lowest BCUT2D eigenvalue weighted by molar-refractivity contribution is 0.492. The van der Waals surface area contributed by atoms with E-state index in [0.29, 0.717) is 12.0 Å². The number of benzene rings is 1. The smallest absolute Gasteiger partial charge is 0.201 e. The summed E-state index contributed by atoms with van der Waals surface area (Å²) in [5.74, 6) is 0.639. The van der Waals surface area contributed by atoms with Crippen molar-refractivity contribution in [3.05, 3.63) is 23.8 Å². The van der Waals surface area contributed by atoms with E-state index in [2.05, 4.69) is 48.5 Å². The largest absolute Gasteiger partial charge is 0.369 e. The molecule has 2 N–H and O–H groups in total. The Kier molecular flexibility index (Phi) is 3.90. The number of fused-ring (bicyclic) bond motifs is 1. The maximum Gasteiger partial charge on any atom is 0.201 e. The zero-order valence-corrected chi connectivity index (χ0v) is 11.6. The molecule has 2 rings (SSSR count). The summed E-state index contributed by atoms with van der Waals surface area (Å²) < 4.78 is 2.18. The summed E-state index contributed by atoms with van der Waals surface area (Å²) >= 11 is 0. The highest BCUT2D eigenvalue weighted by molar-refractivity contribution is 5.79. The minimum atomic E-state index is 0.420. The lowest BCUT2D eigenvalue weighted by atomic mass is 10.1. The molecule has 98 valence electrons. The Labute approximate surface area is 109 Å². The van der Waals surface area contributed by atoms with Gasteiger partial charge in [-0.05, 0) is 38.0 Å². The number of unbranched alkanes of at least 4 members (excludes halogenated alkanes) is 2. The number of aromatic nitrogens is 2. The van der Waals surface area contributed by atoms with Gasteiger partial charge in [0.05, 0.1) is 11.0 Å². The first-order chi connectivity index (χ1) is 8.63. The number of anilines is 1. The van der Waals surface area contributed by atoms with Crippen molar-refractivity contribution in [2.24, 2.45) is 0 Å². The third-order valence-corrected chi connectivity index (χ3v) is 3.54. The quantitative estimate of drug-likeness (QED) is 0.807. The zero-order valence-electron chi connectivity index (χ0n) is 11.6. The molecule has 0 saturated carbocycles. The van der Waals surface area contributed by atoms with Crippen LogP contribution >= 0.6 is 0 Å². The summed E-state index contributed by atoms with van der Waals surface area (Å²) in [4.78, 5) is 4.44. The molecule has 1 unspecified atom stereocenters. The summed E-state index contributed by atoms with van der Waals surface area (Å²) in [5.41, 5.74) is 9.48. The number of nitrogens with two attached hydrogens (primary N) is 1. The van der Waals surface area contributed by atoms with E-state index in [4.69, 9.17) is 5.73 Å². The van der Waals surface area contributed by atoms with Gasteiger partial charge in [0.2, 0.25) is 5.95 Å². The van der Waals surface area contributed by atoms with Crippen molar-refractivity contribution < 1.29 is 0 Å². The Morgan fingerprint density at radius 2 is 2.11 bits per heavy atom. The molecule has 1 aromatic heterocycles. The van der Waals surface area contributed by atoms with Crippen molar-refractivity contribution in [2.45, 2.75) is 52.5 Å². The van der Waals surface area contributed by atoms with Crippen LogP contribution in [-0.2, 0) is 0 Å². The Bertz CT molecular complexity index is 528. The second-order valence-corrected chi connectivity index (χ2v) is 5.18. The van der Waals surface area contributed by atoms with Gasteiger partial charge in [0.25, 0.3) is 0 Å². The van der Waals surface area contributed by atoms with E-state index in [0.717, 1.165) is 17.5 Å². The van der Waals surface area contributed by atoms with Gasteiger partial charge < -0.3 is 10.3 Å². The molecule has 0 fully saturated rings. The highest BCUT2D eigenvalue weighted by Gasteiger charge is 2.13. The second kappa shape index (κ2) is 5.42. The molecule has 0 aliphatic rings. The maximum absolute atomic E-state index is 6.06. The first-order valence-corrected chi connectivity index (χ1v) is 6.87. The summed E-state index contributed by atoms with van der Waals surface area (Å²) in [6.07, 6.45) is 4.96. The predicted molar refractivity (Wildman–Crippen MR) is 77.7 cm³/mol. The third kappa shape index (κ3) is 2.50. The number of nitrogens with zero attached hydrogens (tertiary/aromatic N) is 2. The fourth-order valence-electron chi connectivity index (χ4n) is 2.50. The summed E-state index contributed by atoms with van der Waals surface area (Å²) in [6.45, 7) is 6.57. The molecular weight excluding hydrogens is 222 g/mol. The van der Waals surface area contributed by atoms with E-state index in [1.54, 1.807) is 0 Å². The van der Waals surface area contributed by atoms with Crippen molar-refractivity contribution in [2.75, 3.05) is 5.73 Å². The van der Waals surface area contributed by atoms with Crippen molar-refractivity contribution in [1.29, 1.82) is 0 Å². The van der Waals surface area contributed by atoms with Crippen LogP contribution in [0.5, 0.6) is 0 Å². The normalized spacial score (nSPS) is 13.1. The van der Waals surface area contributed by atoms with Crippen molar-refractivity contribution >= 4 is 17.0 Å². The van der Waals surface area contributed by atoms with E-state index < -0.39 is 0 Å². The highest BCUT2D eigenvalue weighted by atomic mass is 15.2. The highest BCUT2D eigenvalue weighted by Crippen LogP contribution is 2.26. The molecule has 1 atom stereocenters. The molecule has 0 amide bonds. The van der Waals surface area contributed by atoms with E-state index in [1.807, 2.05) is 0 Å². The van der Waals surface area contributed by atoms with Gasteiger partial charge in [0.1, 0.15) is 0 Å². The van der Waals surface area contributed by atoms with Gasteiger partial charge >= 0.3 is 0 Å². The van der Waals surface area contributed by atoms with Gasteiger partial charge in [-0.3, -0.25) is 0 Å². The summed E-state index contributed by atoms with van der Waals surface area (Å²) in [6, 6.07) is 6.73. The topological polar surface area (TPSA) is 43.8 Å². The number of hydrogen-bond acceptors (Lipinski definition) is 2. The minimum Gasteiger partial charge on any atom is -0.369 e. The molecular formula is C15H23N3. The van der Waals surface area contributed by atoms with Gasteiger partial charge in [-0.1, -0.05) is 32.3 Å². The number of hydrogen-bond donors (Lipinski definition) is 1. The van der Waals surface area contributed by atoms with Gasteiger partial charge in [0.15, 0.2) is 0 Å². The summed E-state index contributed by atoms with van der Waals surface area (Å²) in [5, 5.41) is 0. The van der Waals surface area contributed by atoms with Gasteiger partial charge in [-0.2, -0.15) is 0 Å². The molecule has 2 aromatic rings. The van der Waals surface area contributed by atoms with E-state index in [-0.39, 0.29) is 0 Å². The molecule has 0 spiro atoms. The van der Waals surface area contributed by atoms with Crippen LogP contribution in [0.25, 0.3) is 11.0 Å². The Hall–Kier alpha value is -1.51. The zero-order chi connectivity index (χ0) is 13.1. The molecule has 0 aliphatic carbocycles. The van der Waals surface area contributed by atoms with Crippen LogP contribution in [0, 0.1) is 6.92 Å². The third-order valence-electron chi connectivity index (χ3n) is 3.54. The molecule has 18 heavy (non-hydrogen) atoms. The average molecular weight is 245 g/mol. The SMILES string of the molecule is CCCCCC(C)n1c(N)nc2ccc(C)cc21. The lowest BCUT2D eigenvalue weighted by Gasteiger charge is -2.16. The first kappa shape index (κ1) is 12.9. The minimum absolute atomic E-state index is 0.420. The standard InChI is InChI=1S/C15H23N3/c1-4-5-6-7-12(3)18-14-10-11(2)8-9-13(14)17-15(18)16/h8-10,12H,4-7H2,1-3H3,(H2,16,17). The van der Waals surface area contributed by atoms with Crippen molar-refractivity contribution in [3.63, 3.8) is 0 Å². The number of nitrogen functional groups attached to an aromatic ring is 1. The first-order valence-electron chi connectivity index (χ1n) is 6.87. The molecule has 0 saturated heterocycles. The lowest BCUT2D eigenvalue weighted by Crippen LogP contribution is -2.08. The Morgan fingerprint density at radius 1 is 1.33 bits per heavy atom. The van der Waals surface area contributed by atoms with E-state index in [1.165, 1.54) is 24.8 Å². The van der Waals surface area contributed by atoms with Crippen LogP contribution in [0.3, 0.4) is 0 Å². The van der Waals surface area contributed by atoms with Gasteiger partial charge in [-0.15, -0.1) is 0 Å². The second-order valence-electron chi connectivity index (χ2n) is 5.18. The fraction of sp³-hybridized carbons (Fsp3) is 0.533. The molecule has 3 nitrogen and oxygen atoms in total. The van der Waals surface area contributed by atoms with Crippen LogP contribution < -0.4 is 5.73 Å². The van der Waals surface area contributed by atoms with E-state index in [9.17, 15) is 0 Å². The van der Waals surface area contributed by atoms with Crippen LogP contribution in [0.1, 0.15) is 51.1 Å². The van der Waals surface area contributed by atoms with E-state index >= 15 is 0 Å². The number of rotatable bonds is 5.